The Labute approximate surface area is 164 Å². The van der Waals surface area contributed by atoms with Crippen LogP contribution < -0.4 is 0 Å². The van der Waals surface area contributed by atoms with Crippen molar-refractivity contribution >= 4 is 11.8 Å². The van der Waals surface area contributed by atoms with Crippen LogP contribution in [0.25, 0.3) is 0 Å². The van der Waals surface area contributed by atoms with Crippen molar-refractivity contribution < 1.29 is 14.7 Å². The minimum Gasteiger partial charge on any atom is -0.481 e. The summed E-state index contributed by atoms with van der Waals surface area (Å²) in [6.45, 7) is 2.24. The molecule has 1 aromatic rings. The first-order chi connectivity index (χ1) is 13.1. The molecule has 0 radical (unpaired) electrons. The third-order valence-corrected chi connectivity index (χ3v) is 5.98. The molecule has 0 saturated heterocycles. The van der Waals surface area contributed by atoms with Crippen molar-refractivity contribution in [2.75, 3.05) is 0 Å². The number of carboxylic acids is 1. The van der Waals surface area contributed by atoms with Crippen LogP contribution in [-0.4, -0.2) is 16.9 Å². The average molecular weight is 373 g/mol. The van der Waals surface area contributed by atoms with Crippen molar-refractivity contribution in [1.82, 2.24) is 0 Å². The summed E-state index contributed by atoms with van der Waals surface area (Å²) in [6, 6.07) is 9.01. The summed E-state index contributed by atoms with van der Waals surface area (Å²) in [7, 11) is 0. The number of carbonyl (C=O) groups is 2. The van der Waals surface area contributed by atoms with E-state index in [1.807, 2.05) is 0 Å². The van der Waals surface area contributed by atoms with E-state index in [9.17, 15) is 9.59 Å². The van der Waals surface area contributed by atoms with Crippen LogP contribution in [0.2, 0.25) is 0 Å². The molecule has 0 aromatic heterocycles. The zero-order valence-electron chi connectivity index (χ0n) is 16.9. The number of rotatable bonds is 13. The van der Waals surface area contributed by atoms with E-state index in [0.29, 0.717) is 18.1 Å². The standard InChI is InChI=1S/C24H36O3/c1-2-3-4-7-10-19-13-15-20(16-14-19)21-17-18-23(25)22(21)11-8-5-6-9-12-24(26)27/h13-16,21-22H,2-12,17-18H2,1H3,(H,26,27)/t21-,22?/m0/s1. The van der Waals surface area contributed by atoms with Gasteiger partial charge in [0.05, 0.1) is 0 Å². The molecular weight excluding hydrogens is 336 g/mol. The maximum absolute atomic E-state index is 12.4. The third-order valence-electron chi connectivity index (χ3n) is 5.98. The van der Waals surface area contributed by atoms with Gasteiger partial charge in [-0.05, 0) is 49.1 Å². The largest absolute Gasteiger partial charge is 0.481 e. The molecule has 0 heterocycles. The number of benzene rings is 1. The Balaban J connectivity index is 1.79. The molecule has 1 fully saturated rings. The van der Waals surface area contributed by atoms with Gasteiger partial charge < -0.3 is 5.11 Å². The lowest BCUT2D eigenvalue weighted by Gasteiger charge is -2.19. The van der Waals surface area contributed by atoms with Crippen molar-refractivity contribution in [2.45, 2.75) is 96.3 Å². The predicted molar refractivity (Wildman–Crippen MR) is 110 cm³/mol. The number of hydrogen-bond donors (Lipinski definition) is 1. The molecule has 27 heavy (non-hydrogen) atoms. The number of unbranched alkanes of at least 4 members (excludes halogenated alkanes) is 6. The van der Waals surface area contributed by atoms with Gasteiger partial charge in [0, 0.05) is 18.8 Å². The van der Waals surface area contributed by atoms with Gasteiger partial charge in [-0.25, -0.2) is 0 Å². The number of Topliss-reactive ketones (excluding diaryl/α,β-unsaturated/α-hetero) is 1. The molecule has 150 valence electrons. The summed E-state index contributed by atoms with van der Waals surface area (Å²) in [6.07, 6.45) is 13.0. The monoisotopic (exact) mass is 372 g/mol. The lowest BCUT2D eigenvalue weighted by molar-refractivity contribution is -0.137. The Hall–Kier alpha value is -1.64. The molecule has 3 heteroatoms. The van der Waals surface area contributed by atoms with Gasteiger partial charge >= 0.3 is 5.97 Å². The molecule has 0 spiro atoms. The number of aliphatic carboxylic acids is 1. The molecule has 0 bridgehead atoms. The maximum atomic E-state index is 12.4. The van der Waals surface area contributed by atoms with Gasteiger partial charge in [0.2, 0.25) is 0 Å². The molecule has 0 aliphatic heterocycles. The highest BCUT2D eigenvalue weighted by Gasteiger charge is 2.34. The van der Waals surface area contributed by atoms with E-state index >= 15 is 0 Å². The van der Waals surface area contributed by atoms with E-state index in [2.05, 4.69) is 31.2 Å². The molecule has 0 amide bonds. The van der Waals surface area contributed by atoms with Crippen LogP contribution in [0.15, 0.2) is 24.3 Å². The number of carbonyl (C=O) groups excluding carboxylic acids is 1. The van der Waals surface area contributed by atoms with Crippen LogP contribution in [0.5, 0.6) is 0 Å². The molecule has 2 rings (SSSR count). The zero-order valence-corrected chi connectivity index (χ0v) is 16.9. The Kier molecular flexibility index (Phi) is 9.58. The van der Waals surface area contributed by atoms with Crippen LogP contribution in [0.3, 0.4) is 0 Å². The number of hydrogen-bond acceptors (Lipinski definition) is 2. The normalized spacial score (nSPS) is 19.5. The average Bonchev–Trinajstić information content (AvgIpc) is 3.02. The second kappa shape index (κ2) is 11.9. The quantitative estimate of drug-likeness (QED) is 0.414. The Morgan fingerprint density at radius 1 is 1.00 bits per heavy atom. The minimum atomic E-state index is -0.713. The first-order valence-electron chi connectivity index (χ1n) is 10.9. The summed E-state index contributed by atoms with van der Waals surface area (Å²) in [5, 5.41) is 8.68. The number of carboxylic acid groups (broad SMARTS) is 1. The Morgan fingerprint density at radius 3 is 2.41 bits per heavy atom. The highest BCUT2D eigenvalue weighted by atomic mass is 16.4. The third kappa shape index (κ3) is 7.48. The molecular formula is C24H36O3. The molecule has 1 N–H and O–H groups in total. The SMILES string of the molecule is CCCCCCc1ccc([C@@H]2CCC(=O)C2CCCCCCC(=O)O)cc1. The van der Waals surface area contributed by atoms with Gasteiger partial charge in [-0.3, -0.25) is 9.59 Å². The summed E-state index contributed by atoms with van der Waals surface area (Å²) < 4.78 is 0. The van der Waals surface area contributed by atoms with Gasteiger partial charge in [-0.2, -0.15) is 0 Å². The predicted octanol–water partition coefficient (Wildman–Crippen LogP) is 6.30. The van der Waals surface area contributed by atoms with Crippen LogP contribution in [-0.2, 0) is 16.0 Å². The summed E-state index contributed by atoms with van der Waals surface area (Å²) >= 11 is 0. The highest BCUT2D eigenvalue weighted by Crippen LogP contribution is 2.40. The summed E-state index contributed by atoms with van der Waals surface area (Å²) in [4.78, 5) is 22.9. The van der Waals surface area contributed by atoms with Crippen molar-refractivity contribution in [1.29, 1.82) is 0 Å². The van der Waals surface area contributed by atoms with Crippen LogP contribution in [0.1, 0.15) is 101 Å². The van der Waals surface area contributed by atoms with Crippen LogP contribution >= 0.6 is 0 Å². The Bertz CT molecular complexity index is 576. The van der Waals surface area contributed by atoms with Gasteiger partial charge in [-0.15, -0.1) is 0 Å². The lowest BCUT2D eigenvalue weighted by atomic mass is 9.84. The van der Waals surface area contributed by atoms with Crippen LogP contribution in [0, 0.1) is 5.92 Å². The van der Waals surface area contributed by atoms with E-state index in [0.717, 1.165) is 44.9 Å². The molecule has 1 aromatic carbocycles. The van der Waals surface area contributed by atoms with Crippen LogP contribution in [0.4, 0.5) is 0 Å². The molecule has 1 saturated carbocycles. The van der Waals surface area contributed by atoms with Crippen molar-refractivity contribution in [3.8, 4) is 0 Å². The topological polar surface area (TPSA) is 54.4 Å². The second-order valence-corrected chi connectivity index (χ2v) is 8.12. The second-order valence-electron chi connectivity index (χ2n) is 8.12. The van der Waals surface area contributed by atoms with Gasteiger partial charge in [-0.1, -0.05) is 69.7 Å². The number of ketones is 1. The molecule has 1 unspecified atom stereocenters. The fourth-order valence-electron chi connectivity index (χ4n) is 4.35. The van der Waals surface area contributed by atoms with Gasteiger partial charge in [0.1, 0.15) is 5.78 Å². The van der Waals surface area contributed by atoms with Crippen molar-refractivity contribution in [3.05, 3.63) is 35.4 Å². The zero-order chi connectivity index (χ0) is 19.5. The fourth-order valence-corrected chi connectivity index (χ4v) is 4.35. The number of aryl methyl sites for hydroxylation is 1. The van der Waals surface area contributed by atoms with Gasteiger partial charge in [0.25, 0.3) is 0 Å². The Morgan fingerprint density at radius 2 is 1.70 bits per heavy atom. The smallest absolute Gasteiger partial charge is 0.303 e. The highest BCUT2D eigenvalue weighted by molar-refractivity contribution is 5.84. The van der Waals surface area contributed by atoms with E-state index in [4.69, 9.17) is 5.11 Å². The van der Waals surface area contributed by atoms with Crippen molar-refractivity contribution in [2.24, 2.45) is 5.92 Å². The van der Waals surface area contributed by atoms with E-state index in [1.165, 1.54) is 36.8 Å². The molecule has 1 aliphatic rings. The lowest BCUT2D eigenvalue weighted by Crippen LogP contribution is -2.13. The first kappa shape index (κ1) is 21.7. The van der Waals surface area contributed by atoms with Gasteiger partial charge in [0.15, 0.2) is 0 Å². The van der Waals surface area contributed by atoms with E-state index in [-0.39, 0.29) is 12.3 Å². The first-order valence-corrected chi connectivity index (χ1v) is 10.9. The fraction of sp³-hybridized carbons (Fsp3) is 0.667. The minimum absolute atomic E-state index is 0.167. The van der Waals surface area contributed by atoms with E-state index < -0.39 is 5.97 Å². The molecule has 3 nitrogen and oxygen atoms in total. The van der Waals surface area contributed by atoms with E-state index in [1.54, 1.807) is 0 Å². The maximum Gasteiger partial charge on any atom is 0.303 e. The summed E-state index contributed by atoms with van der Waals surface area (Å²) in [5.74, 6) is 0.259. The van der Waals surface area contributed by atoms with Crippen molar-refractivity contribution in [3.63, 3.8) is 0 Å². The molecule has 2 atom stereocenters. The summed E-state index contributed by atoms with van der Waals surface area (Å²) in [5.41, 5.74) is 2.74. The molecule has 1 aliphatic carbocycles.